The molecule has 110 valence electrons. The first-order valence-corrected chi connectivity index (χ1v) is 6.54. The molecule has 2 rings (SSSR count). The van der Waals surface area contributed by atoms with Crippen LogP contribution in [0.25, 0.3) is 0 Å². The summed E-state index contributed by atoms with van der Waals surface area (Å²) in [6, 6.07) is 2.46. The molecular formula is C14H18F2N2O2. The Bertz CT molecular complexity index is 514. The van der Waals surface area contributed by atoms with Crippen molar-refractivity contribution in [2.75, 3.05) is 25.1 Å². The van der Waals surface area contributed by atoms with Crippen LogP contribution in [0.3, 0.4) is 0 Å². The topological polar surface area (TPSA) is 64.4 Å². The Hall–Kier alpha value is -1.53. The zero-order valence-corrected chi connectivity index (χ0v) is 11.3. The number of benzene rings is 1. The highest BCUT2D eigenvalue weighted by Gasteiger charge is 2.39. The molecule has 0 atom stereocenters. The van der Waals surface area contributed by atoms with Crippen molar-refractivity contribution in [1.29, 1.82) is 0 Å². The third-order valence-electron chi connectivity index (χ3n) is 3.85. The van der Waals surface area contributed by atoms with Crippen LogP contribution in [0.15, 0.2) is 12.1 Å². The Labute approximate surface area is 116 Å². The first-order valence-electron chi connectivity index (χ1n) is 6.54. The second-order valence-corrected chi connectivity index (χ2v) is 5.10. The van der Waals surface area contributed by atoms with Gasteiger partial charge in [0.1, 0.15) is 11.5 Å². The van der Waals surface area contributed by atoms with Crippen molar-refractivity contribution in [1.82, 2.24) is 0 Å². The number of carbonyl (C=O) groups excluding carboxylic acids is 1. The van der Waals surface area contributed by atoms with Gasteiger partial charge in [0.05, 0.1) is 5.41 Å². The number of anilines is 1. The van der Waals surface area contributed by atoms with E-state index in [1.54, 1.807) is 0 Å². The summed E-state index contributed by atoms with van der Waals surface area (Å²) < 4.78 is 32.8. The normalized spacial score (nSPS) is 17.8. The molecule has 1 aromatic rings. The van der Waals surface area contributed by atoms with Gasteiger partial charge in [0, 0.05) is 19.8 Å². The summed E-state index contributed by atoms with van der Waals surface area (Å²) in [4.78, 5) is 12.4. The van der Waals surface area contributed by atoms with Crippen molar-refractivity contribution in [3.63, 3.8) is 0 Å². The third-order valence-corrected chi connectivity index (χ3v) is 3.85. The average molecular weight is 284 g/mol. The fourth-order valence-electron chi connectivity index (χ4n) is 2.30. The molecule has 0 radical (unpaired) electrons. The number of halogens is 2. The van der Waals surface area contributed by atoms with Gasteiger partial charge in [0.2, 0.25) is 5.91 Å². The van der Waals surface area contributed by atoms with Crippen LogP contribution in [0.1, 0.15) is 18.4 Å². The SMILES string of the molecule is Cc1ccc(F)c(NC(=O)C2(CN)CCOCC2)c1F. The van der Waals surface area contributed by atoms with E-state index in [4.69, 9.17) is 10.5 Å². The third kappa shape index (κ3) is 2.66. The minimum Gasteiger partial charge on any atom is -0.381 e. The molecule has 0 saturated carbocycles. The summed E-state index contributed by atoms with van der Waals surface area (Å²) in [5.41, 5.74) is 4.74. The molecule has 4 nitrogen and oxygen atoms in total. The molecule has 1 saturated heterocycles. The Morgan fingerprint density at radius 2 is 2.05 bits per heavy atom. The smallest absolute Gasteiger partial charge is 0.232 e. The van der Waals surface area contributed by atoms with Crippen LogP contribution < -0.4 is 11.1 Å². The highest BCUT2D eigenvalue weighted by atomic mass is 19.1. The second kappa shape index (κ2) is 5.85. The molecular weight excluding hydrogens is 266 g/mol. The predicted octanol–water partition coefficient (Wildman–Crippen LogP) is 1.97. The number of nitrogens with one attached hydrogen (secondary N) is 1. The van der Waals surface area contributed by atoms with E-state index >= 15 is 0 Å². The standard InChI is InChI=1S/C14H18F2N2O2/c1-9-2-3-10(15)12(11(9)16)18-13(19)14(8-17)4-6-20-7-5-14/h2-3H,4-8,17H2,1H3,(H,18,19). The first kappa shape index (κ1) is 14.9. The van der Waals surface area contributed by atoms with Crippen LogP contribution >= 0.6 is 0 Å². The molecule has 1 aliphatic rings. The van der Waals surface area contributed by atoms with Crippen LogP contribution in [-0.4, -0.2) is 25.7 Å². The summed E-state index contributed by atoms with van der Waals surface area (Å²) in [5.74, 6) is -2.00. The lowest BCUT2D eigenvalue weighted by molar-refractivity contribution is -0.130. The van der Waals surface area contributed by atoms with Crippen molar-refractivity contribution in [3.8, 4) is 0 Å². The number of aryl methyl sites for hydroxylation is 1. The molecule has 20 heavy (non-hydrogen) atoms. The highest BCUT2D eigenvalue weighted by molar-refractivity contribution is 5.96. The molecule has 1 aliphatic heterocycles. The molecule has 6 heteroatoms. The van der Waals surface area contributed by atoms with E-state index in [1.807, 2.05) is 0 Å². The number of amides is 1. The number of hydrogen-bond acceptors (Lipinski definition) is 3. The maximum atomic E-state index is 13.9. The lowest BCUT2D eigenvalue weighted by Crippen LogP contribution is -2.46. The van der Waals surface area contributed by atoms with Gasteiger partial charge in [-0.2, -0.15) is 0 Å². The molecule has 0 aliphatic carbocycles. The van der Waals surface area contributed by atoms with Crippen LogP contribution in [0.4, 0.5) is 14.5 Å². The molecule has 3 N–H and O–H groups in total. The lowest BCUT2D eigenvalue weighted by Gasteiger charge is -2.34. The summed E-state index contributed by atoms with van der Waals surface area (Å²) in [6.07, 6.45) is 0.898. The Kier molecular flexibility index (Phi) is 4.35. The number of ether oxygens (including phenoxy) is 1. The largest absolute Gasteiger partial charge is 0.381 e. The van der Waals surface area contributed by atoms with Gasteiger partial charge in [-0.1, -0.05) is 6.07 Å². The maximum Gasteiger partial charge on any atom is 0.232 e. The molecule has 1 aromatic carbocycles. The van der Waals surface area contributed by atoms with E-state index in [-0.39, 0.29) is 12.1 Å². The number of carbonyl (C=O) groups is 1. The van der Waals surface area contributed by atoms with Gasteiger partial charge in [0.15, 0.2) is 5.82 Å². The van der Waals surface area contributed by atoms with Gasteiger partial charge in [-0.15, -0.1) is 0 Å². The molecule has 0 aromatic heterocycles. The van der Waals surface area contributed by atoms with Crippen LogP contribution in [0, 0.1) is 24.0 Å². The minimum absolute atomic E-state index is 0.122. The van der Waals surface area contributed by atoms with E-state index in [2.05, 4.69) is 5.32 Å². The summed E-state index contributed by atoms with van der Waals surface area (Å²) in [7, 11) is 0. The van der Waals surface area contributed by atoms with E-state index in [0.717, 1.165) is 6.07 Å². The molecule has 0 spiro atoms. The van der Waals surface area contributed by atoms with Crippen molar-refractivity contribution in [2.45, 2.75) is 19.8 Å². The molecule has 1 heterocycles. The average Bonchev–Trinajstić information content (AvgIpc) is 2.48. The molecule has 1 amide bonds. The fraction of sp³-hybridized carbons (Fsp3) is 0.500. The first-order chi connectivity index (χ1) is 9.50. The van der Waals surface area contributed by atoms with Crippen molar-refractivity contribution in [2.24, 2.45) is 11.1 Å². The van der Waals surface area contributed by atoms with Gasteiger partial charge >= 0.3 is 0 Å². The zero-order chi connectivity index (χ0) is 14.8. The Morgan fingerprint density at radius 1 is 1.40 bits per heavy atom. The number of nitrogens with two attached hydrogens (primary N) is 1. The van der Waals surface area contributed by atoms with Gasteiger partial charge in [-0.25, -0.2) is 8.78 Å². The van der Waals surface area contributed by atoms with Crippen LogP contribution in [0.2, 0.25) is 0 Å². The van der Waals surface area contributed by atoms with E-state index in [9.17, 15) is 13.6 Å². The summed E-state index contributed by atoms with van der Waals surface area (Å²) >= 11 is 0. The van der Waals surface area contributed by atoms with E-state index in [0.29, 0.717) is 26.1 Å². The van der Waals surface area contributed by atoms with Gasteiger partial charge in [0.25, 0.3) is 0 Å². The number of rotatable bonds is 3. The van der Waals surface area contributed by atoms with Gasteiger partial charge < -0.3 is 15.8 Å². The number of hydrogen-bond donors (Lipinski definition) is 2. The van der Waals surface area contributed by atoms with Crippen LogP contribution in [-0.2, 0) is 9.53 Å². The monoisotopic (exact) mass is 284 g/mol. The Balaban J connectivity index is 2.25. The van der Waals surface area contributed by atoms with Crippen LogP contribution in [0.5, 0.6) is 0 Å². The highest BCUT2D eigenvalue weighted by Crippen LogP contribution is 2.32. The van der Waals surface area contributed by atoms with Crippen molar-refractivity contribution >= 4 is 11.6 Å². The second-order valence-electron chi connectivity index (χ2n) is 5.10. The predicted molar refractivity (Wildman–Crippen MR) is 71.3 cm³/mol. The molecule has 0 unspecified atom stereocenters. The van der Waals surface area contributed by atoms with E-state index < -0.39 is 28.6 Å². The summed E-state index contributed by atoms with van der Waals surface area (Å²) in [5, 5.41) is 2.36. The quantitative estimate of drug-likeness (QED) is 0.892. The van der Waals surface area contributed by atoms with E-state index in [1.165, 1.54) is 13.0 Å². The summed E-state index contributed by atoms with van der Waals surface area (Å²) in [6.45, 7) is 2.47. The minimum atomic E-state index is -0.819. The van der Waals surface area contributed by atoms with Gasteiger partial charge in [-0.05, 0) is 31.4 Å². The molecule has 0 bridgehead atoms. The zero-order valence-electron chi connectivity index (χ0n) is 11.3. The van der Waals surface area contributed by atoms with Crippen molar-refractivity contribution < 1.29 is 18.3 Å². The maximum absolute atomic E-state index is 13.9. The lowest BCUT2D eigenvalue weighted by atomic mass is 9.79. The van der Waals surface area contributed by atoms with Gasteiger partial charge in [-0.3, -0.25) is 4.79 Å². The Morgan fingerprint density at radius 3 is 2.65 bits per heavy atom. The fourth-order valence-corrected chi connectivity index (χ4v) is 2.30. The van der Waals surface area contributed by atoms with Crippen molar-refractivity contribution in [3.05, 3.63) is 29.3 Å². The molecule has 1 fully saturated rings.